The van der Waals surface area contributed by atoms with Gasteiger partial charge in [-0.2, -0.15) is 0 Å². The van der Waals surface area contributed by atoms with Crippen LogP contribution in [0.15, 0.2) is 66.9 Å². The topological polar surface area (TPSA) is 49.7 Å². The minimum absolute atomic E-state index is 0.151. The molecule has 0 unspecified atom stereocenters. The lowest BCUT2D eigenvalue weighted by atomic mass is 10.1. The summed E-state index contributed by atoms with van der Waals surface area (Å²) < 4.78 is 21.1. The highest BCUT2D eigenvalue weighted by Crippen LogP contribution is 2.30. The molecule has 216 valence electrons. The highest BCUT2D eigenvalue weighted by atomic mass is 35.5. The van der Waals surface area contributed by atoms with E-state index in [-0.39, 0.29) is 11.7 Å². The second-order valence-corrected chi connectivity index (χ2v) is 11.3. The van der Waals surface area contributed by atoms with Gasteiger partial charge in [0.25, 0.3) is 5.91 Å². The molecule has 0 bridgehead atoms. The molecule has 41 heavy (non-hydrogen) atoms. The second-order valence-electron chi connectivity index (χ2n) is 10.5. The van der Waals surface area contributed by atoms with E-state index in [0.29, 0.717) is 22.2 Å². The van der Waals surface area contributed by atoms with Gasteiger partial charge in [0.1, 0.15) is 11.6 Å². The monoisotopic (exact) mass is 596 g/mol. The molecule has 0 atom stereocenters. The first-order chi connectivity index (χ1) is 19.9. The number of carbonyl (C=O) groups is 1. The summed E-state index contributed by atoms with van der Waals surface area (Å²) >= 11 is 12.2. The van der Waals surface area contributed by atoms with E-state index in [1.807, 2.05) is 42.6 Å². The number of rotatable bonds is 10. The molecule has 0 spiro atoms. The van der Waals surface area contributed by atoms with Crippen LogP contribution in [0.4, 0.5) is 4.39 Å². The summed E-state index contributed by atoms with van der Waals surface area (Å²) in [6, 6.07) is 18.0. The van der Waals surface area contributed by atoms with Crippen LogP contribution in [0.1, 0.15) is 34.3 Å². The zero-order valence-corrected chi connectivity index (χ0v) is 24.7. The Balaban J connectivity index is 1.21. The number of aryl methyl sites for hydroxylation is 1. The summed E-state index contributed by atoms with van der Waals surface area (Å²) in [5.74, 6) is 0.402. The summed E-state index contributed by atoms with van der Waals surface area (Å²) in [7, 11) is 1.66. The first-order valence-electron chi connectivity index (χ1n) is 14.0. The number of ether oxygens (including phenoxy) is 1. The Kier molecular flexibility index (Phi) is 9.83. The molecule has 4 aromatic rings. The van der Waals surface area contributed by atoms with Gasteiger partial charge in [0.15, 0.2) is 0 Å². The maximum Gasteiger partial charge on any atom is 0.253 e. The van der Waals surface area contributed by atoms with Gasteiger partial charge in [0.05, 0.1) is 28.2 Å². The average Bonchev–Trinajstić information content (AvgIpc) is 3.21. The fourth-order valence-electron chi connectivity index (χ4n) is 5.49. The van der Waals surface area contributed by atoms with Crippen LogP contribution in [-0.2, 0) is 19.6 Å². The van der Waals surface area contributed by atoms with Crippen molar-refractivity contribution in [3.8, 4) is 5.75 Å². The Morgan fingerprint density at radius 1 is 0.927 bits per heavy atom. The van der Waals surface area contributed by atoms with E-state index < -0.39 is 0 Å². The van der Waals surface area contributed by atoms with Crippen molar-refractivity contribution in [2.75, 3.05) is 39.8 Å². The maximum atomic E-state index is 13.3. The Morgan fingerprint density at radius 3 is 2.46 bits per heavy atom. The molecule has 3 aromatic carbocycles. The average molecular weight is 598 g/mol. The van der Waals surface area contributed by atoms with Gasteiger partial charge in [-0.15, -0.1) is 0 Å². The molecule has 1 amide bonds. The summed E-state index contributed by atoms with van der Waals surface area (Å²) in [4.78, 5) is 18.2. The number of hydrogen-bond acceptors (Lipinski definition) is 4. The summed E-state index contributed by atoms with van der Waals surface area (Å²) in [6.45, 7) is 7.01. The van der Waals surface area contributed by atoms with Crippen LogP contribution in [0.3, 0.4) is 0 Å². The first-order valence-corrected chi connectivity index (χ1v) is 14.7. The molecule has 1 aliphatic rings. The van der Waals surface area contributed by atoms with E-state index in [9.17, 15) is 9.18 Å². The first kappa shape index (κ1) is 29.4. The van der Waals surface area contributed by atoms with E-state index in [2.05, 4.69) is 19.7 Å². The lowest BCUT2D eigenvalue weighted by Gasteiger charge is -2.22. The third kappa shape index (κ3) is 7.41. The van der Waals surface area contributed by atoms with Crippen molar-refractivity contribution in [3.05, 3.63) is 99.4 Å². The fourth-order valence-corrected chi connectivity index (χ4v) is 5.81. The Labute approximate surface area is 250 Å². The Morgan fingerprint density at radius 2 is 1.68 bits per heavy atom. The number of carbonyl (C=O) groups excluding carboxylic acids is 1. The molecule has 1 aliphatic heterocycles. The molecule has 2 heterocycles. The van der Waals surface area contributed by atoms with E-state index in [0.717, 1.165) is 86.4 Å². The van der Waals surface area contributed by atoms with Gasteiger partial charge in [-0.05, 0) is 73.9 Å². The molecule has 1 saturated heterocycles. The molecule has 0 radical (unpaired) electrons. The lowest BCUT2D eigenvalue weighted by Crippen LogP contribution is -2.31. The number of aromatic nitrogens is 1. The molecular weight excluding hydrogens is 562 g/mol. The number of fused-ring (bicyclic) bond motifs is 1. The Bertz CT molecular complexity index is 1490. The number of benzene rings is 3. The molecule has 1 aromatic heterocycles. The number of amides is 1. The van der Waals surface area contributed by atoms with Crippen molar-refractivity contribution in [2.45, 2.75) is 32.5 Å². The summed E-state index contributed by atoms with van der Waals surface area (Å²) in [6.07, 6.45) is 3.99. The minimum atomic E-state index is -0.195. The van der Waals surface area contributed by atoms with Crippen LogP contribution in [0, 0.1) is 5.82 Å². The van der Waals surface area contributed by atoms with Crippen molar-refractivity contribution < 1.29 is 13.9 Å². The van der Waals surface area contributed by atoms with Crippen LogP contribution in [0.2, 0.25) is 10.0 Å². The number of nitrogens with zero attached hydrogens (tertiary/aromatic N) is 3. The van der Waals surface area contributed by atoms with E-state index >= 15 is 0 Å². The smallest absolute Gasteiger partial charge is 0.253 e. The fraction of sp³-hybridized carbons (Fsp3) is 0.344. The summed E-state index contributed by atoms with van der Waals surface area (Å²) in [5.41, 5.74) is 3.56. The molecule has 1 N–H and O–H groups in total. The summed E-state index contributed by atoms with van der Waals surface area (Å²) in [5, 5.41) is 4.83. The highest BCUT2D eigenvalue weighted by Gasteiger charge is 2.19. The van der Waals surface area contributed by atoms with Gasteiger partial charge in [0.2, 0.25) is 0 Å². The van der Waals surface area contributed by atoms with Gasteiger partial charge in [0, 0.05) is 44.3 Å². The quantitative estimate of drug-likeness (QED) is 0.223. The van der Waals surface area contributed by atoms with Gasteiger partial charge in [-0.1, -0.05) is 53.5 Å². The van der Waals surface area contributed by atoms with Crippen molar-refractivity contribution in [3.63, 3.8) is 0 Å². The number of hydrogen-bond donors (Lipinski definition) is 1. The second kappa shape index (κ2) is 13.7. The molecule has 6 nitrogen and oxygen atoms in total. The zero-order valence-electron chi connectivity index (χ0n) is 23.2. The normalized spacial score (nSPS) is 14.7. The predicted octanol–water partition coefficient (Wildman–Crippen LogP) is 6.62. The van der Waals surface area contributed by atoms with E-state index in [1.165, 1.54) is 12.1 Å². The van der Waals surface area contributed by atoms with Crippen LogP contribution in [-0.4, -0.2) is 60.1 Å². The number of halogens is 3. The Hall–Kier alpha value is -3.10. The number of methoxy groups -OCH3 is 1. The standard InChI is InChI=1S/C32H35Cl2FN4O2/c1-41-30-6-2-5-26-27(32(40)36-20-24-9-12-28(33)29(34)19-24)22-39(31(26)30)16-4-14-37-13-3-15-38(18-17-37)21-23-7-10-25(35)11-8-23/h2,5-12,19,22H,3-4,13-18,20-21H2,1H3,(H,36,40). The van der Waals surface area contributed by atoms with Gasteiger partial charge in [-0.3, -0.25) is 9.69 Å². The third-order valence-corrected chi connectivity index (χ3v) is 8.38. The van der Waals surface area contributed by atoms with Crippen molar-refractivity contribution in [1.82, 2.24) is 19.7 Å². The minimum Gasteiger partial charge on any atom is -0.495 e. The highest BCUT2D eigenvalue weighted by molar-refractivity contribution is 6.42. The molecule has 1 fully saturated rings. The molecule has 0 aliphatic carbocycles. The van der Waals surface area contributed by atoms with Crippen LogP contribution < -0.4 is 10.1 Å². The van der Waals surface area contributed by atoms with E-state index in [1.54, 1.807) is 19.2 Å². The molecule has 5 rings (SSSR count). The predicted molar refractivity (Wildman–Crippen MR) is 163 cm³/mol. The van der Waals surface area contributed by atoms with Gasteiger partial charge >= 0.3 is 0 Å². The molecule has 9 heteroatoms. The largest absolute Gasteiger partial charge is 0.495 e. The molecule has 0 saturated carbocycles. The lowest BCUT2D eigenvalue weighted by molar-refractivity contribution is 0.0952. The van der Waals surface area contributed by atoms with Crippen molar-refractivity contribution in [2.24, 2.45) is 0 Å². The van der Waals surface area contributed by atoms with Crippen LogP contribution in [0.25, 0.3) is 10.9 Å². The maximum absolute atomic E-state index is 13.3. The van der Waals surface area contributed by atoms with Crippen LogP contribution in [0.5, 0.6) is 5.75 Å². The number of nitrogens with one attached hydrogen (secondary N) is 1. The van der Waals surface area contributed by atoms with Crippen LogP contribution >= 0.6 is 23.2 Å². The van der Waals surface area contributed by atoms with Gasteiger partial charge in [-0.25, -0.2) is 4.39 Å². The number of para-hydroxylation sites is 1. The van der Waals surface area contributed by atoms with E-state index in [4.69, 9.17) is 27.9 Å². The zero-order chi connectivity index (χ0) is 28.8. The van der Waals surface area contributed by atoms with Crippen molar-refractivity contribution >= 4 is 40.0 Å². The third-order valence-electron chi connectivity index (χ3n) is 7.64. The van der Waals surface area contributed by atoms with Gasteiger partial charge < -0.3 is 19.5 Å². The molecular formula is C32H35Cl2FN4O2. The van der Waals surface area contributed by atoms with Crippen molar-refractivity contribution in [1.29, 1.82) is 0 Å². The SMILES string of the molecule is COc1cccc2c(C(=O)NCc3ccc(Cl)c(Cl)c3)cn(CCCN3CCCN(Cc4ccc(F)cc4)CC3)c12.